The third-order valence-corrected chi connectivity index (χ3v) is 6.29. The second kappa shape index (κ2) is 6.84. The first-order valence-corrected chi connectivity index (χ1v) is 9.59. The summed E-state index contributed by atoms with van der Waals surface area (Å²) < 4.78 is 0. The van der Waals surface area contributed by atoms with Crippen LogP contribution >= 0.6 is 11.3 Å². The van der Waals surface area contributed by atoms with Crippen LogP contribution in [0.2, 0.25) is 0 Å². The van der Waals surface area contributed by atoms with Gasteiger partial charge in [0.2, 0.25) is 11.8 Å². The molecule has 1 spiro atoms. The van der Waals surface area contributed by atoms with E-state index in [1.807, 2.05) is 40.7 Å². The van der Waals surface area contributed by atoms with E-state index in [0.717, 1.165) is 31.6 Å². The second-order valence-electron chi connectivity index (χ2n) is 7.49. The molecule has 2 saturated heterocycles. The molecule has 3 heterocycles. The third kappa shape index (κ3) is 3.22. The third-order valence-electron chi connectivity index (χ3n) is 5.56. The van der Waals surface area contributed by atoms with Crippen molar-refractivity contribution in [3.05, 3.63) is 22.4 Å². The number of likely N-dealkylation sites (N-methyl/N-ethyl adjacent to an activating group) is 1. The summed E-state index contributed by atoms with van der Waals surface area (Å²) in [5, 5.41) is 4.02. The van der Waals surface area contributed by atoms with Gasteiger partial charge in [-0.05, 0) is 48.8 Å². The number of hydrogen-bond acceptors (Lipinski definition) is 4. The molecule has 2 fully saturated rings. The maximum atomic E-state index is 13.0. The van der Waals surface area contributed by atoms with Crippen molar-refractivity contribution in [2.45, 2.75) is 19.8 Å². The van der Waals surface area contributed by atoms with Crippen LogP contribution in [0, 0.1) is 11.3 Å². The monoisotopic (exact) mass is 349 g/mol. The lowest BCUT2D eigenvalue weighted by molar-refractivity contribution is -0.137. The van der Waals surface area contributed by atoms with E-state index in [0.29, 0.717) is 19.5 Å². The predicted octanol–water partition coefficient (Wildman–Crippen LogP) is 1.55. The van der Waals surface area contributed by atoms with E-state index in [1.165, 1.54) is 0 Å². The summed E-state index contributed by atoms with van der Waals surface area (Å²) in [5.41, 5.74) is 0.723. The standard InChI is InChI=1S/C18H27N3O2S/c1-14-11-21(16(22)10-15-4-9-24-12-15)13-18(14)5-6-20(17(18)23)8-7-19(2)3/h4,9,12,14H,5-8,10-11,13H2,1-3H3/t14-,18-/m0/s1. The number of carbonyl (C=O) groups is 2. The van der Waals surface area contributed by atoms with Gasteiger partial charge in [-0.2, -0.15) is 11.3 Å². The molecule has 2 aliphatic rings. The summed E-state index contributed by atoms with van der Waals surface area (Å²) in [4.78, 5) is 31.6. The van der Waals surface area contributed by atoms with Gasteiger partial charge in [-0.15, -0.1) is 0 Å². The van der Waals surface area contributed by atoms with E-state index in [4.69, 9.17) is 0 Å². The van der Waals surface area contributed by atoms with Crippen LogP contribution in [0.15, 0.2) is 16.8 Å². The summed E-state index contributed by atoms with van der Waals surface area (Å²) >= 11 is 1.62. The molecule has 0 radical (unpaired) electrons. The molecule has 0 bridgehead atoms. The molecule has 1 aromatic heterocycles. The van der Waals surface area contributed by atoms with E-state index in [-0.39, 0.29) is 23.1 Å². The zero-order valence-corrected chi connectivity index (χ0v) is 15.6. The Bertz CT molecular complexity index is 601. The highest BCUT2D eigenvalue weighted by molar-refractivity contribution is 7.08. The Kier molecular flexibility index (Phi) is 4.97. The first-order chi connectivity index (χ1) is 11.4. The number of amides is 2. The summed E-state index contributed by atoms with van der Waals surface area (Å²) in [7, 11) is 4.05. The first kappa shape index (κ1) is 17.4. The Morgan fingerprint density at radius 3 is 2.92 bits per heavy atom. The maximum Gasteiger partial charge on any atom is 0.231 e. The molecule has 2 amide bonds. The molecular weight excluding hydrogens is 322 g/mol. The van der Waals surface area contributed by atoms with Crippen molar-refractivity contribution >= 4 is 23.2 Å². The van der Waals surface area contributed by atoms with Crippen LogP contribution in [0.1, 0.15) is 18.9 Å². The van der Waals surface area contributed by atoms with Gasteiger partial charge >= 0.3 is 0 Å². The van der Waals surface area contributed by atoms with Gasteiger partial charge in [0.15, 0.2) is 0 Å². The minimum atomic E-state index is -0.351. The Balaban J connectivity index is 1.64. The molecule has 0 unspecified atom stereocenters. The van der Waals surface area contributed by atoms with Crippen molar-refractivity contribution < 1.29 is 9.59 Å². The van der Waals surface area contributed by atoms with Gasteiger partial charge in [-0.3, -0.25) is 9.59 Å². The van der Waals surface area contributed by atoms with Crippen LogP contribution < -0.4 is 0 Å². The molecule has 24 heavy (non-hydrogen) atoms. The van der Waals surface area contributed by atoms with E-state index in [1.54, 1.807) is 11.3 Å². The van der Waals surface area contributed by atoms with Crippen molar-refractivity contribution in [3.8, 4) is 0 Å². The Hall–Kier alpha value is -1.40. The maximum absolute atomic E-state index is 13.0. The van der Waals surface area contributed by atoms with Crippen LogP contribution in [0.25, 0.3) is 0 Å². The average Bonchev–Trinajstić information content (AvgIpc) is 3.22. The molecule has 132 valence electrons. The number of nitrogens with zero attached hydrogens (tertiary/aromatic N) is 3. The van der Waals surface area contributed by atoms with Gasteiger partial charge in [0.1, 0.15) is 0 Å². The molecule has 6 heteroatoms. The summed E-state index contributed by atoms with van der Waals surface area (Å²) in [6.07, 6.45) is 1.33. The van der Waals surface area contributed by atoms with Crippen LogP contribution in [0.5, 0.6) is 0 Å². The van der Waals surface area contributed by atoms with E-state index in [2.05, 4.69) is 11.8 Å². The average molecular weight is 350 g/mol. The number of thiophene rings is 1. The van der Waals surface area contributed by atoms with Crippen molar-refractivity contribution in [3.63, 3.8) is 0 Å². The molecular formula is C18H27N3O2S. The Labute approximate surface area is 148 Å². The molecule has 2 aliphatic heterocycles. The Morgan fingerprint density at radius 1 is 1.46 bits per heavy atom. The normalized spacial score (nSPS) is 27.0. The molecule has 2 atom stereocenters. The molecule has 1 aromatic rings. The van der Waals surface area contributed by atoms with Gasteiger partial charge in [0.25, 0.3) is 0 Å². The molecule has 0 aromatic carbocycles. The van der Waals surface area contributed by atoms with Gasteiger partial charge < -0.3 is 14.7 Å². The van der Waals surface area contributed by atoms with E-state index < -0.39 is 0 Å². The minimum absolute atomic E-state index is 0.150. The van der Waals surface area contributed by atoms with Gasteiger partial charge in [-0.1, -0.05) is 6.92 Å². The first-order valence-electron chi connectivity index (χ1n) is 8.65. The van der Waals surface area contributed by atoms with Crippen LogP contribution in [-0.2, 0) is 16.0 Å². The lowest BCUT2D eigenvalue weighted by Gasteiger charge is -2.27. The fraction of sp³-hybridized carbons (Fsp3) is 0.667. The SMILES string of the molecule is C[C@H]1CN(C(=O)Cc2ccsc2)C[C@@]12CCN(CCN(C)C)C2=O. The van der Waals surface area contributed by atoms with Crippen molar-refractivity contribution in [2.24, 2.45) is 11.3 Å². The van der Waals surface area contributed by atoms with Crippen LogP contribution in [-0.4, -0.2) is 73.3 Å². The van der Waals surface area contributed by atoms with Crippen molar-refractivity contribution in [1.82, 2.24) is 14.7 Å². The van der Waals surface area contributed by atoms with Gasteiger partial charge in [0, 0.05) is 32.7 Å². The quantitative estimate of drug-likeness (QED) is 0.810. The zero-order chi connectivity index (χ0) is 17.3. The van der Waals surface area contributed by atoms with Gasteiger partial charge in [-0.25, -0.2) is 0 Å². The second-order valence-corrected chi connectivity index (χ2v) is 8.27. The molecule has 3 rings (SSSR count). The lowest BCUT2D eigenvalue weighted by atomic mass is 9.78. The summed E-state index contributed by atoms with van der Waals surface area (Å²) in [6, 6.07) is 2.00. The molecule has 0 saturated carbocycles. The van der Waals surface area contributed by atoms with Gasteiger partial charge in [0.05, 0.1) is 11.8 Å². The van der Waals surface area contributed by atoms with Crippen molar-refractivity contribution in [2.75, 3.05) is 46.8 Å². The molecule has 0 N–H and O–H groups in total. The molecule has 5 nitrogen and oxygen atoms in total. The Morgan fingerprint density at radius 2 is 2.25 bits per heavy atom. The van der Waals surface area contributed by atoms with Crippen LogP contribution in [0.3, 0.4) is 0 Å². The highest BCUT2D eigenvalue weighted by Gasteiger charge is 2.55. The number of hydrogen-bond donors (Lipinski definition) is 0. The summed E-state index contributed by atoms with van der Waals surface area (Å²) in [5.74, 6) is 0.639. The highest BCUT2D eigenvalue weighted by atomic mass is 32.1. The fourth-order valence-electron chi connectivity index (χ4n) is 3.93. The van der Waals surface area contributed by atoms with E-state index in [9.17, 15) is 9.59 Å². The smallest absolute Gasteiger partial charge is 0.231 e. The summed E-state index contributed by atoms with van der Waals surface area (Å²) in [6.45, 7) is 5.92. The molecule has 0 aliphatic carbocycles. The fourth-order valence-corrected chi connectivity index (χ4v) is 4.60. The zero-order valence-electron chi connectivity index (χ0n) is 14.8. The van der Waals surface area contributed by atoms with Crippen molar-refractivity contribution in [1.29, 1.82) is 0 Å². The largest absolute Gasteiger partial charge is 0.341 e. The number of likely N-dealkylation sites (tertiary alicyclic amines) is 2. The topological polar surface area (TPSA) is 43.9 Å². The predicted molar refractivity (Wildman–Crippen MR) is 96.0 cm³/mol. The number of rotatable bonds is 5. The highest BCUT2D eigenvalue weighted by Crippen LogP contribution is 2.44. The minimum Gasteiger partial charge on any atom is -0.341 e. The van der Waals surface area contributed by atoms with E-state index >= 15 is 0 Å². The number of carbonyl (C=O) groups excluding carboxylic acids is 2. The lowest BCUT2D eigenvalue weighted by Crippen LogP contribution is -2.42. The van der Waals surface area contributed by atoms with Crippen LogP contribution in [0.4, 0.5) is 0 Å².